The van der Waals surface area contributed by atoms with Crippen LogP contribution in [0.25, 0.3) is 0 Å². The molecule has 0 radical (unpaired) electrons. The van der Waals surface area contributed by atoms with Gasteiger partial charge in [-0.15, -0.1) is 5.11 Å². The van der Waals surface area contributed by atoms with E-state index in [1.807, 2.05) is 6.08 Å². The normalized spacial score (nSPS) is 17.0. The molecule has 1 aliphatic heterocycles. The summed E-state index contributed by atoms with van der Waals surface area (Å²) in [4.78, 5) is 0. The zero-order valence-corrected chi connectivity index (χ0v) is 6.79. The molecule has 3 heteroatoms. The smallest absolute Gasteiger partial charge is 0.232 e. The van der Waals surface area contributed by atoms with Crippen LogP contribution in [-0.4, -0.2) is 6.61 Å². The number of nitrogens with zero attached hydrogens (tertiary/aromatic N) is 1. The summed E-state index contributed by atoms with van der Waals surface area (Å²) in [5, 5.41) is 3.19. The van der Waals surface area contributed by atoms with Crippen molar-refractivity contribution in [2.24, 2.45) is 11.0 Å². The van der Waals surface area contributed by atoms with Crippen molar-refractivity contribution in [3.05, 3.63) is 23.6 Å². The van der Waals surface area contributed by atoms with Gasteiger partial charge < -0.3 is 4.74 Å². The molecule has 1 N–H and O–H groups in total. The van der Waals surface area contributed by atoms with E-state index in [1.54, 1.807) is 6.08 Å². The van der Waals surface area contributed by atoms with Crippen LogP contribution >= 0.6 is 0 Å². The molecule has 0 amide bonds. The Morgan fingerprint density at radius 2 is 2.27 bits per heavy atom. The van der Waals surface area contributed by atoms with E-state index in [1.165, 1.54) is 5.57 Å². The van der Waals surface area contributed by atoms with Gasteiger partial charge in [0.05, 0.1) is 0 Å². The van der Waals surface area contributed by atoms with E-state index in [-0.39, 0.29) is 0 Å². The molecule has 1 aliphatic rings. The van der Waals surface area contributed by atoms with Gasteiger partial charge in [0, 0.05) is 6.08 Å². The number of rotatable bonds is 2. The molecular weight excluding hydrogens is 140 g/mol. The Labute approximate surface area is 66.3 Å². The summed E-state index contributed by atoms with van der Waals surface area (Å²) in [5.74, 6) is 0.910. The van der Waals surface area contributed by atoms with Gasteiger partial charge in [0.15, 0.2) is 0 Å². The summed E-state index contributed by atoms with van der Waals surface area (Å²) in [7, 11) is 0. The zero-order valence-electron chi connectivity index (χ0n) is 6.79. The van der Waals surface area contributed by atoms with E-state index in [9.17, 15) is 0 Å². The van der Waals surface area contributed by atoms with Gasteiger partial charge >= 0.3 is 0 Å². The first-order chi connectivity index (χ1) is 5.24. The lowest BCUT2D eigenvalue weighted by molar-refractivity contribution is 0.219. The highest BCUT2D eigenvalue weighted by molar-refractivity contribution is 5.20. The van der Waals surface area contributed by atoms with Crippen LogP contribution < -0.4 is 0 Å². The van der Waals surface area contributed by atoms with Crippen molar-refractivity contribution in [1.29, 1.82) is 5.53 Å². The Balaban J connectivity index is 2.69. The standard InChI is InChI=1S/C8H12N2O/c1-6(2)7-3-4-8(10-9)11-5-7/h3-4,6,9H,5H2,1-2H3. The quantitative estimate of drug-likeness (QED) is 0.607. The maximum absolute atomic E-state index is 6.67. The fraction of sp³-hybridized carbons (Fsp3) is 0.500. The summed E-state index contributed by atoms with van der Waals surface area (Å²) in [6.45, 7) is 4.81. The van der Waals surface area contributed by atoms with Crippen molar-refractivity contribution < 1.29 is 4.74 Å². The molecule has 0 aliphatic carbocycles. The summed E-state index contributed by atoms with van der Waals surface area (Å²) < 4.78 is 5.14. The molecule has 0 spiro atoms. The zero-order chi connectivity index (χ0) is 8.27. The van der Waals surface area contributed by atoms with Gasteiger partial charge in [0.1, 0.15) is 6.61 Å². The number of nitrogens with one attached hydrogen (secondary N) is 1. The molecule has 60 valence electrons. The first kappa shape index (κ1) is 7.98. The van der Waals surface area contributed by atoms with Gasteiger partial charge in [0.25, 0.3) is 0 Å². The van der Waals surface area contributed by atoms with Gasteiger partial charge in [-0.1, -0.05) is 19.9 Å². The fourth-order valence-electron chi connectivity index (χ4n) is 0.860. The molecule has 0 atom stereocenters. The molecule has 0 bridgehead atoms. The van der Waals surface area contributed by atoms with Gasteiger partial charge in [-0.25, -0.2) is 5.53 Å². The fourth-order valence-corrected chi connectivity index (χ4v) is 0.860. The summed E-state index contributed by atoms with van der Waals surface area (Å²) in [6.07, 6.45) is 3.70. The van der Waals surface area contributed by atoms with Crippen LogP contribution in [0.3, 0.4) is 0 Å². The number of hydrogen-bond acceptors (Lipinski definition) is 3. The Kier molecular flexibility index (Phi) is 2.41. The van der Waals surface area contributed by atoms with Crippen molar-refractivity contribution >= 4 is 0 Å². The van der Waals surface area contributed by atoms with Crippen LogP contribution in [0.1, 0.15) is 13.8 Å². The third kappa shape index (κ3) is 1.90. The molecule has 0 aromatic heterocycles. The number of ether oxygens (including phenoxy) is 1. The second-order valence-electron chi connectivity index (χ2n) is 2.80. The second kappa shape index (κ2) is 3.32. The van der Waals surface area contributed by atoms with E-state index in [2.05, 4.69) is 19.0 Å². The van der Waals surface area contributed by atoms with Crippen molar-refractivity contribution in [1.82, 2.24) is 0 Å². The van der Waals surface area contributed by atoms with Crippen LogP contribution in [0, 0.1) is 11.4 Å². The molecule has 0 fully saturated rings. The minimum Gasteiger partial charge on any atom is -0.472 e. The lowest BCUT2D eigenvalue weighted by atomic mass is 10.0. The molecule has 0 saturated heterocycles. The summed E-state index contributed by atoms with van der Waals surface area (Å²) in [6, 6.07) is 0. The lowest BCUT2D eigenvalue weighted by Gasteiger charge is -2.15. The van der Waals surface area contributed by atoms with Crippen molar-refractivity contribution in [3.63, 3.8) is 0 Å². The Morgan fingerprint density at radius 1 is 1.55 bits per heavy atom. The summed E-state index contributed by atoms with van der Waals surface area (Å²) >= 11 is 0. The largest absolute Gasteiger partial charge is 0.472 e. The second-order valence-corrected chi connectivity index (χ2v) is 2.80. The predicted octanol–water partition coefficient (Wildman–Crippen LogP) is 2.47. The van der Waals surface area contributed by atoms with Crippen LogP contribution in [0.15, 0.2) is 28.7 Å². The van der Waals surface area contributed by atoms with Crippen LogP contribution in [0.2, 0.25) is 0 Å². The molecule has 1 heterocycles. The van der Waals surface area contributed by atoms with Crippen LogP contribution in [0.4, 0.5) is 0 Å². The van der Waals surface area contributed by atoms with E-state index < -0.39 is 0 Å². The monoisotopic (exact) mass is 152 g/mol. The molecule has 3 nitrogen and oxygen atoms in total. The maximum atomic E-state index is 6.67. The predicted molar refractivity (Wildman–Crippen MR) is 42.1 cm³/mol. The highest BCUT2D eigenvalue weighted by Crippen LogP contribution is 2.17. The molecule has 0 saturated carbocycles. The lowest BCUT2D eigenvalue weighted by Crippen LogP contribution is -2.06. The van der Waals surface area contributed by atoms with E-state index in [0.717, 1.165) is 0 Å². The van der Waals surface area contributed by atoms with E-state index in [4.69, 9.17) is 10.3 Å². The average Bonchev–Trinajstić information content (AvgIpc) is 2.05. The van der Waals surface area contributed by atoms with Gasteiger partial charge in [0.2, 0.25) is 5.88 Å². The van der Waals surface area contributed by atoms with Gasteiger partial charge in [-0.05, 0) is 11.5 Å². The highest BCUT2D eigenvalue weighted by Gasteiger charge is 2.08. The van der Waals surface area contributed by atoms with Gasteiger partial charge in [-0.3, -0.25) is 0 Å². The third-order valence-electron chi connectivity index (χ3n) is 1.68. The minimum absolute atomic E-state index is 0.398. The van der Waals surface area contributed by atoms with E-state index >= 15 is 0 Å². The summed E-state index contributed by atoms with van der Waals surface area (Å²) in [5.41, 5.74) is 7.92. The van der Waals surface area contributed by atoms with Crippen molar-refractivity contribution in [2.45, 2.75) is 13.8 Å². The Morgan fingerprint density at radius 3 is 2.64 bits per heavy atom. The highest BCUT2D eigenvalue weighted by atomic mass is 16.5. The molecule has 0 unspecified atom stereocenters. The molecule has 1 rings (SSSR count). The van der Waals surface area contributed by atoms with Crippen molar-refractivity contribution in [3.8, 4) is 0 Å². The van der Waals surface area contributed by atoms with Crippen molar-refractivity contribution in [2.75, 3.05) is 6.61 Å². The first-order valence-corrected chi connectivity index (χ1v) is 3.65. The number of allylic oxidation sites excluding steroid dienone is 2. The number of hydrogen-bond donors (Lipinski definition) is 1. The maximum Gasteiger partial charge on any atom is 0.232 e. The first-order valence-electron chi connectivity index (χ1n) is 3.65. The minimum atomic E-state index is 0.398. The Hall–Kier alpha value is -1.12. The van der Waals surface area contributed by atoms with E-state index in [0.29, 0.717) is 18.4 Å². The molecule has 11 heavy (non-hydrogen) atoms. The SMILES string of the molecule is CC(C)C1=CC=C(N=N)OC1. The third-order valence-corrected chi connectivity index (χ3v) is 1.68. The topological polar surface area (TPSA) is 45.4 Å². The van der Waals surface area contributed by atoms with Crippen LogP contribution in [-0.2, 0) is 4.74 Å². The Bertz CT molecular complexity index is 216. The van der Waals surface area contributed by atoms with Crippen LogP contribution in [0.5, 0.6) is 0 Å². The molecular formula is C8H12N2O. The average molecular weight is 152 g/mol. The van der Waals surface area contributed by atoms with Gasteiger partial charge in [-0.2, -0.15) is 0 Å². The molecule has 0 aromatic carbocycles. The molecule has 0 aromatic rings.